The van der Waals surface area contributed by atoms with Crippen LogP contribution in [-0.2, 0) is 0 Å². The van der Waals surface area contributed by atoms with Crippen molar-refractivity contribution in [2.45, 2.75) is 6.92 Å². The van der Waals surface area contributed by atoms with Gasteiger partial charge in [-0.3, -0.25) is 9.97 Å². The Morgan fingerprint density at radius 3 is 2.80 bits per heavy atom. The maximum Gasteiger partial charge on any atom is 0.101 e. The van der Waals surface area contributed by atoms with Crippen molar-refractivity contribution in [1.82, 2.24) is 9.97 Å². The average molecular weight is 195 g/mol. The third-order valence-electron chi connectivity index (χ3n) is 2.19. The van der Waals surface area contributed by atoms with E-state index in [0.29, 0.717) is 5.56 Å². The van der Waals surface area contributed by atoms with E-state index >= 15 is 0 Å². The van der Waals surface area contributed by atoms with Gasteiger partial charge in [-0.2, -0.15) is 5.26 Å². The molecule has 2 aromatic rings. The summed E-state index contributed by atoms with van der Waals surface area (Å²) in [6, 6.07) is 7.81. The van der Waals surface area contributed by atoms with E-state index in [-0.39, 0.29) is 0 Å². The van der Waals surface area contributed by atoms with Crippen molar-refractivity contribution in [3.63, 3.8) is 0 Å². The lowest BCUT2D eigenvalue weighted by Gasteiger charge is -2.02. The van der Waals surface area contributed by atoms with E-state index < -0.39 is 0 Å². The summed E-state index contributed by atoms with van der Waals surface area (Å²) >= 11 is 0. The van der Waals surface area contributed by atoms with E-state index in [4.69, 9.17) is 5.26 Å². The largest absolute Gasteiger partial charge is 0.264 e. The molecule has 2 heterocycles. The van der Waals surface area contributed by atoms with Crippen LogP contribution in [0.3, 0.4) is 0 Å². The standard InChI is InChI=1S/C12H9N3/c1-9-5-12(15-8-11(9)6-13)10-3-2-4-14-7-10/h2-5,7-8H,1H3. The zero-order valence-electron chi connectivity index (χ0n) is 8.31. The van der Waals surface area contributed by atoms with E-state index in [0.717, 1.165) is 16.8 Å². The maximum atomic E-state index is 8.78. The summed E-state index contributed by atoms with van der Waals surface area (Å²) in [5.74, 6) is 0. The van der Waals surface area contributed by atoms with Crippen molar-refractivity contribution in [1.29, 1.82) is 5.26 Å². The molecule has 0 spiro atoms. The predicted molar refractivity (Wildman–Crippen MR) is 56.9 cm³/mol. The minimum absolute atomic E-state index is 0.614. The Morgan fingerprint density at radius 1 is 1.33 bits per heavy atom. The number of aromatic nitrogens is 2. The number of aryl methyl sites for hydroxylation is 1. The molecule has 0 bridgehead atoms. The van der Waals surface area contributed by atoms with Gasteiger partial charge in [0.2, 0.25) is 0 Å². The fourth-order valence-electron chi connectivity index (χ4n) is 1.35. The van der Waals surface area contributed by atoms with E-state index in [1.165, 1.54) is 0 Å². The monoisotopic (exact) mass is 195 g/mol. The third kappa shape index (κ3) is 1.84. The number of nitrogens with zero attached hydrogens (tertiary/aromatic N) is 3. The van der Waals surface area contributed by atoms with Crippen LogP contribution in [0.4, 0.5) is 0 Å². The number of rotatable bonds is 1. The molecule has 0 N–H and O–H groups in total. The van der Waals surface area contributed by atoms with Crippen LogP contribution in [0.5, 0.6) is 0 Å². The summed E-state index contributed by atoms with van der Waals surface area (Å²) in [5, 5.41) is 8.78. The Labute approximate surface area is 88.1 Å². The SMILES string of the molecule is Cc1cc(-c2cccnc2)ncc1C#N. The molecular formula is C12H9N3. The highest BCUT2D eigenvalue weighted by molar-refractivity contribution is 5.59. The van der Waals surface area contributed by atoms with Gasteiger partial charge < -0.3 is 0 Å². The van der Waals surface area contributed by atoms with Crippen molar-refractivity contribution >= 4 is 0 Å². The second-order valence-electron chi connectivity index (χ2n) is 3.24. The Bertz CT molecular complexity index is 512. The van der Waals surface area contributed by atoms with Crippen molar-refractivity contribution in [2.24, 2.45) is 0 Å². The molecule has 0 fully saturated rings. The number of pyridine rings is 2. The van der Waals surface area contributed by atoms with Crippen LogP contribution in [0.1, 0.15) is 11.1 Å². The molecule has 0 atom stereocenters. The first-order valence-electron chi connectivity index (χ1n) is 4.58. The summed E-state index contributed by atoms with van der Waals surface area (Å²) in [4.78, 5) is 8.25. The summed E-state index contributed by atoms with van der Waals surface area (Å²) in [5.41, 5.74) is 3.36. The zero-order valence-corrected chi connectivity index (χ0v) is 8.31. The van der Waals surface area contributed by atoms with Gasteiger partial charge in [0, 0.05) is 24.2 Å². The van der Waals surface area contributed by atoms with Gasteiger partial charge in [-0.15, -0.1) is 0 Å². The minimum Gasteiger partial charge on any atom is -0.264 e. The number of hydrogen-bond donors (Lipinski definition) is 0. The molecular weight excluding hydrogens is 186 g/mol. The van der Waals surface area contributed by atoms with Crippen molar-refractivity contribution in [3.05, 3.63) is 47.9 Å². The van der Waals surface area contributed by atoms with Crippen LogP contribution in [-0.4, -0.2) is 9.97 Å². The van der Waals surface area contributed by atoms with E-state index in [1.807, 2.05) is 25.1 Å². The summed E-state index contributed by atoms with van der Waals surface area (Å²) < 4.78 is 0. The molecule has 2 rings (SSSR count). The fourth-order valence-corrected chi connectivity index (χ4v) is 1.35. The smallest absolute Gasteiger partial charge is 0.101 e. The highest BCUT2D eigenvalue weighted by Crippen LogP contribution is 2.17. The van der Waals surface area contributed by atoms with Crippen LogP contribution < -0.4 is 0 Å². The molecule has 0 aliphatic rings. The topological polar surface area (TPSA) is 49.6 Å². The van der Waals surface area contributed by atoms with Gasteiger partial charge in [-0.25, -0.2) is 0 Å². The minimum atomic E-state index is 0.614. The van der Waals surface area contributed by atoms with Gasteiger partial charge in [0.05, 0.1) is 11.3 Å². The zero-order chi connectivity index (χ0) is 10.7. The van der Waals surface area contributed by atoms with Crippen LogP contribution in [0.15, 0.2) is 36.8 Å². The van der Waals surface area contributed by atoms with Crippen LogP contribution in [0.2, 0.25) is 0 Å². The van der Waals surface area contributed by atoms with Gasteiger partial charge in [0.1, 0.15) is 6.07 Å². The summed E-state index contributed by atoms with van der Waals surface area (Å²) in [6.45, 7) is 1.90. The first-order chi connectivity index (χ1) is 7.31. The Balaban J connectivity index is 2.49. The molecule has 0 unspecified atom stereocenters. The molecule has 3 heteroatoms. The van der Waals surface area contributed by atoms with Crippen LogP contribution >= 0.6 is 0 Å². The number of nitriles is 1. The lowest BCUT2D eigenvalue weighted by molar-refractivity contribution is 1.24. The first-order valence-corrected chi connectivity index (χ1v) is 4.58. The summed E-state index contributed by atoms with van der Waals surface area (Å²) in [6.07, 6.45) is 5.07. The molecule has 72 valence electrons. The third-order valence-corrected chi connectivity index (χ3v) is 2.19. The van der Waals surface area contributed by atoms with Crippen LogP contribution in [0.25, 0.3) is 11.3 Å². The molecule has 3 nitrogen and oxygen atoms in total. The van der Waals surface area contributed by atoms with Crippen molar-refractivity contribution in [2.75, 3.05) is 0 Å². The number of hydrogen-bond acceptors (Lipinski definition) is 3. The second-order valence-corrected chi connectivity index (χ2v) is 3.24. The van der Waals surface area contributed by atoms with Crippen LogP contribution in [0, 0.1) is 18.3 Å². The quantitative estimate of drug-likeness (QED) is 0.701. The fraction of sp³-hybridized carbons (Fsp3) is 0.0833. The van der Waals surface area contributed by atoms with Gasteiger partial charge in [-0.1, -0.05) is 0 Å². The maximum absolute atomic E-state index is 8.78. The Morgan fingerprint density at radius 2 is 2.20 bits per heavy atom. The molecule has 0 radical (unpaired) electrons. The molecule has 15 heavy (non-hydrogen) atoms. The molecule has 0 saturated carbocycles. The molecule has 0 amide bonds. The van der Waals surface area contributed by atoms with E-state index in [9.17, 15) is 0 Å². The Hall–Kier alpha value is -2.21. The lowest BCUT2D eigenvalue weighted by Crippen LogP contribution is -1.89. The van der Waals surface area contributed by atoms with Gasteiger partial charge >= 0.3 is 0 Å². The van der Waals surface area contributed by atoms with Crippen molar-refractivity contribution < 1.29 is 0 Å². The summed E-state index contributed by atoms with van der Waals surface area (Å²) in [7, 11) is 0. The van der Waals surface area contributed by atoms with Gasteiger partial charge in [-0.05, 0) is 30.7 Å². The normalized spacial score (nSPS) is 9.60. The molecule has 0 saturated heterocycles. The van der Waals surface area contributed by atoms with E-state index in [1.54, 1.807) is 18.6 Å². The lowest BCUT2D eigenvalue weighted by atomic mass is 10.1. The first kappa shape index (κ1) is 9.35. The van der Waals surface area contributed by atoms with E-state index in [2.05, 4.69) is 16.0 Å². The highest BCUT2D eigenvalue weighted by Gasteiger charge is 2.02. The molecule has 0 aliphatic carbocycles. The molecule has 0 aromatic carbocycles. The predicted octanol–water partition coefficient (Wildman–Crippen LogP) is 2.32. The second kappa shape index (κ2) is 3.89. The highest BCUT2D eigenvalue weighted by atomic mass is 14.7. The Kier molecular flexibility index (Phi) is 2.42. The van der Waals surface area contributed by atoms with Gasteiger partial charge in [0.25, 0.3) is 0 Å². The van der Waals surface area contributed by atoms with Crippen molar-refractivity contribution in [3.8, 4) is 17.3 Å². The molecule has 2 aromatic heterocycles. The average Bonchev–Trinajstić information content (AvgIpc) is 2.30. The van der Waals surface area contributed by atoms with Gasteiger partial charge in [0.15, 0.2) is 0 Å². The molecule has 0 aliphatic heterocycles.